The van der Waals surface area contributed by atoms with Gasteiger partial charge in [-0.3, -0.25) is 10.2 Å². The Morgan fingerprint density at radius 2 is 2.06 bits per heavy atom. The highest BCUT2D eigenvalue weighted by Gasteiger charge is 2.31. The Morgan fingerprint density at radius 3 is 2.50 bits per heavy atom. The SMILES string of the molecule is N=C(N)c1ccc(C(F)(F)F)cc1OC(=O)CCl. The lowest BCUT2D eigenvalue weighted by atomic mass is 10.1. The average molecular weight is 281 g/mol. The molecule has 1 rings (SSSR count). The minimum Gasteiger partial charge on any atom is -0.425 e. The van der Waals surface area contributed by atoms with E-state index in [1.165, 1.54) is 0 Å². The summed E-state index contributed by atoms with van der Waals surface area (Å²) in [5.41, 5.74) is 4.05. The largest absolute Gasteiger partial charge is 0.425 e. The number of carbonyl (C=O) groups excluding carboxylic acids is 1. The van der Waals surface area contributed by atoms with E-state index in [1.54, 1.807) is 0 Å². The number of amidine groups is 1. The molecule has 1 aromatic carbocycles. The van der Waals surface area contributed by atoms with Gasteiger partial charge in [0.15, 0.2) is 0 Å². The molecule has 3 N–H and O–H groups in total. The van der Waals surface area contributed by atoms with E-state index in [0.29, 0.717) is 6.07 Å². The van der Waals surface area contributed by atoms with Gasteiger partial charge < -0.3 is 10.5 Å². The molecule has 0 bridgehead atoms. The minimum atomic E-state index is -4.59. The van der Waals surface area contributed by atoms with Crippen molar-refractivity contribution in [3.05, 3.63) is 29.3 Å². The first kappa shape index (κ1) is 14.3. The first-order valence-electron chi connectivity index (χ1n) is 4.58. The van der Waals surface area contributed by atoms with E-state index in [2.05, 4.69) is 4.74 Å². The molecule has 18 heavy (non-hydrogen) atoms. The van der Waals surface area contributed by atoms with Crippen molar-refractivity contribution in [2.45, 2.75) is 6.18 Å². The molecule has 0 saturated heterocycles. The van der Waals surface area contributed by atoms with Crippen LogP contribution in [0.4, 0.5) is 13.2 Å². The normalized spacial score (nSPS) is 11.1. The fraction of sp³-hybridized carbons (Fsp3) is 0.200. The Balaban J connectivity index is 3.24. The number of benzene rings is 1. The van der Waals surface area contributed by atoms with Crippen LogP contribution in [0.3, 0.4) is 0 Å². The van der Waals surface area contributed by atoms with Crippen LogP contribution >= 0.6 is 11.6 Å². The summed E-state index contributed by atoms with van der Waals surface area (Å²) in [5, 5.41) is 7.18. The van der Waals surface area contributed by atoms with Crippen molar-refractivity contribution in [1.29, 1.82) is 5.41 Å². The summed E-state index contributed by atoms with van der Waals surface area (Å²) in [6.07, 6.45) is -4.59. The van der Waals surface area contributed by atoms with E-state index in [4.69, 9.17) is 22.7 Å². The number of hydrogen-bond acceptors (Lipinski definition) is 3. The van der Waals surface area contributed by atoms with Crippen LogP contribution in [0, 0.1) is 5.41 Å². The second kappa shape index (κ2) is 5.26. The standard InChI is InChI=1S/C10H8ClF3N2O2/c11-4-8(17)18-7-3-5(10(12,13)14)1-2-6(7)9(15)16/h1-3H,4H2,(H3,15,16). The van der Waals surface area contributed by atoms with Gasteiger partial charge in [-0.1, -0.05) is 0 Å². The van der Waals surface area contributed by atoms with Crippen molar-refractivity contribution in [2.75, 3.05) is 5.88 Å². The molecule has 0 aliphatic carbocycles. The van der Waals surface area contributed by atoms with Crippen LogP contribution in [0.2, 0.25) is 0 Å². The molecule has 0 radical (unpaired) electrons. The summed E-state index contributed by atoms with van der Waals surface area (Å²) < 4.78 is 42.0. The first-order chi connectivity index (χ1) is 8.25. The van der Waals surface area contributed by atoms with Gasteiger partial charge in [-0.15, -0.1) is 11.6 Å². The number of rotatable bonds is 3. The van der Waals surface area contributed by atoms with Gasteiger partial charge >= 0.3 is 12.1 Å². The van der Waals surface area contributed by atoms with E-state index >= 15 is 0 Å². The highest BCUT2D eigenvalue weighted by Crippen LogP contribution is 2.33. The maximum atomic E-state index is 12.5. The fourth-order valence-electron chi connectivity index (χ4n) is 1.16. The van der Waals surface area contributed by atoms with Gasteiger partial charge in [0.2, 0.25) is 0 Å². The maximum absolute atomic E-state index is 12.5. The number of nitrogens with two attached hydrogens (primary N) is 1. The molecule has 4 nitrogen and oxygen atoms in total. The molecule has 0 unspecified atom stereocenters. The van der Waals surface area contributed by atoms with Crippen LogP contribution in [0.5, 0.6) is 5.75 Å². The number of carbonyl (C=O) groups is 1. The molecule has 0 spiro atoms. The zero-order valence-electron chi connectivity index (χ0n) is 8.84. The molecular formula is C10H8ClF3N2O2. The molecule has 0 aliphatic rings. The average Bonchev–Trinajstić information content (AvgIpc) is 2.27. The van der Waals surface area contributed by atoms with E-state index < -0.39 is 35.2 Å². The summed E-state index contributed by atoms with van der Waals surface area (Å²) in [5.74, 6) is -2.41. The summed E-state index contributed by atoms with van der Waals surface area (Å²) in [4.78, 5) is 11.0. The molecular weight excluding hydrogens is 273 g/mol. The molecule has 0 fully saturated rings. The van der Waals surface area contributed by atoms with Gasteiger partial charge in [-0.05, 0) is 18.2 Å². The number of alkyl halides is 4. The number of nitrogen functional groups attached to an aromatic ring is 1. The van der Waals surface area contributed by atoms with E-state index in [9.17, 15) is 18.0 Å². The molecule has 0 amide bonds. The summed E-state index contributed by atoms with van der Waals surface area (Å²) in [6.45, 7) is 0. The van der Waals surface area contributed by atoms with Crippen LogP contribution in [0.25, 0.3) is 0 Å². The van der Waals surface area contributed by atoms with Crippen LogP contribution in [-0.2, 0) is 11.0 Å². The topological polar surface area (TPSA) is 76.2 Å². The predicted molar refractivity (Wildman–Crippen MR) is 58.8 cm³/mol. The number of nitrogens with one attached hydrogen (secondary N) is 1. The zero-order chi connectivity index (χ0) is 13.9. The number of ether oxygens (including phenoxy) is 1. The maximum Gasteiger partial charge on any atom is 0.416 e. The van der Waals surface area contributed by atoms with Gasteiger partial charge in [0, 0.05) is 0 Å². The Labute approximate surface area is 105 Å². The quantitative estimate of drug-likeness (QED) is 0.293. The molecule has 0 atom stereocenters. The van der Waals surface area contributed by atoms with Gasteiger partial charge in [0.05, 0.1) is 11.1 Å². The first-order valence-corrected chi connectivity index (χ1v) is 5.11. The predicted octanol–water partition coefficient (Wildman–Crippen LogP) is 2.13. The van der Waals surface area contributed by atoms with Crippen LogP contribution in [0.15, 0.2) is 18.2 Å². The Hall–Kier alpha value is -1.76. The highest BCUT2D eigenvalue weighted by atomic mass is 35.5. The monoisotopic (exact) mass is 280 g/mol. The molecule has 8 heteroatoms. The van der Waals surface area contributed by atoms with E-state index in [1.807, 2.05) is 0 Å². The molecule has 0 heterocycles. The van der Waals surface area contributed by atoms with Crippen molar-refractivity contribution in [2.24, 2.45) is 5.73 Å². The van der Waals surface area contributed by atoms with E-state index in [-0.39, 0.29) is 5.56 Å². The second-order valence-electron chi connectivity index (χ2n) is 3.23. The van der Waals surface area contributed by atoms with Gasteiger partial charge in [0.25, 0.3) is 0 Å². The van der Waals surface area contributed by atoms with Crippen molar-refractivity contribution in [3.8, 4) is 5.75 Å². The van der Waals surface area contributed by atoms with Crippen molar-refractivity contribution in [1.82, 2.24) is 0 Å². The Kier molecular flexibility index (Phi) is 4.18. The fourth-order valence-corrected chi connectivity index (χ4v) is 1.21. The van der Waals surface area contributed by atoms with Crippen molar-refractivity contribution < 1.29 is 22.7 Å². The molecule has 0 saturated carbocycles. The van der Waals surface area contributed by atoms with Gasteiger partial charge in [-0.25, -0.2) is 0 Å². The molecule has 0 aromatic heterocycles. The molecule has 0 aliphatic heterocycles. The Morgan fingerprint density at radius 1 is 1.44 bits per heavy atom. The second-order valence-corrected chi connectivity index (χ2v) is 3.50. The van der Waals surface area contributed by atoms with Crippen LogP contribution in [-0.4, -0.2) is 17.7 Å². The van der Waals surface area contributed by atoms with E-state index in [0.717, 1.165) is 12.1 Å². The van der Waals surface area contributed by atoms with Crippen LogP contribution < -0.4 is 10.5 Å². The van der Waals surface area contributed by atoms with Gasteiger partial charge in [0.1, 0.15) is 17.5 Å². The van der Waals surface area contributed by atoms with Gasteiger partial charge in [-0.2, -0.15) is 13.2 Å². The summed E-state index contributed by atoms with van der Waals surface area (Å²) in [7, 11) is 0. The molecule has 98 valence electrons. The third kappa shape index (κ3) is 3.36. The number of esters is 1. The lowest BCUT2D eigenvalue weighted by molar-refractivity contribution is -0.138. The van der Waals surface area contributed by atoms with Crippen molar-refractivity contribution in [3.63, 3.8) is 0 Å². The Bertz CT molecular complexity index is 489. The van der Waals surface area contributed by atoms with Crippen LogP contribution in [0.1, 0.15) is 11.1 Å². The third-order valence-corrected chi connectivity index (χ3v) is 2.15. The highest BCUT2D eigenvalue weighted by molar-refractivity contribution is 6.26. The minimum absolute atomic E-state index is 0.110. The lowest BCUT2D eigenvalue weighted by Gasteiger charge is -2.12. The smallest absolute Gasteiger partial charge is 0.416 e. The lowest BCUT2D eigenvalue weighted by Crippen LogP contribution is -2.17. The summed E-state index contributed by atoms with van der Waals surface area (Å²) in [6, 6.07) is 2.30. The summed E-state index contributed by atoms with van der Waals surface area (Å²) >= 11 is 5.18. The third-order valence-electron chi connectivity index (χ3n) is 1.93. The van der Waals surface area contributed by atoms with Crippen molar-refractivity contribution >= 4 is 23.4 Å². The zero-order valence-corrected chi connectivity index (χ0v) is 9.60. The molecule has 1 aromatic rings. The number of hydrogen-bond donors (Lipinski definition) is 2. The number of halogens is 4.